The molecular formula is C10H14N2O2. The zero-order valence-electron chi connectivity index (χ0n) is 8.10. The van der Waals surface area contributed by atoms with Gasteiger partial charge in [-0.25, -0.2) is 0 Å². The molecule has 3 N–H and O–H groups in total. The quantitative estimate of drug-likeness (QED) is 0.422. The molecule has 0 aliphatic carbocycles. The third-order valence-electron chi connectivity index (χ3n) is 1.72. The van der Waals surface area contributed by atoms with Gasteiger partial charge in [0.05, 0.1) is 13.2 Å². The Kier molecular flexibility index (Phi) is 3.94. The molecule has 0 bridgehead atoms. The summed E-state index contributed by atoms with van der Waals surface area (Å²) in [5.74, 6) is 0.602. The Hall–Kier alpha value is -1.55. The van der Waals surface area contributed by atoms with E-state index < -0.39 is 0 Å². The zero-order chi connectivity index (χ0) is 10.4. The highest BCUT2D eigenvalue weighted by molar-refractivity contribution is 5.97. The van der Waals surface area contributed by atoms with Crippen LogP contribution in [0.1, 0.15) is 5.56 Å². The van der Waals surface area contributed by atoms with Gasteiger partial charge < -0.3 is 15.6 Å². The maximum atomic E-state index is 9.20. The van der Waals surface area contributed by atoms with Crippen molar-refractivity contribution in [1.29, 1.82) is 0 Å². The first-order valence-corrected chi connectivity index (χ1v) is 4.32. The van der Waals surface area contributed by atoms with Crippen molar-refractivity contribution in [3.05, 3.63) is 29.8 Å². The van der Waals surface area contributed by atoms with Crippen LogP contribution in [0.5, 0.6) is 5.75 Å². The molecule has 76 valence electrons. The Morgan fingerprint density at radius 1 is 1.57 bits per heavy atom. The molecule has 0 saturated carbocycles. The minimum Gasteiger partial charge on any atom is -0.508 e. The highest BCUT2D eigenvalue weighted by Crippen LogP contribution is 2.10. The van der Waals surface area contributed by atoms with E-state index >= 15 is 0 Å². The standard InChI is InChI=1S/C10H14N2O2/c1-14-6-5-12-10(11)8-3-2-4-9(13)7-8/h2-4,7,13H,5-6H2,1H3,(H2,11,12). The van der Waals surface area contributed by atoms with Crippen molar-refractivity contribution in [2.75, 3.05) is 20.3 Å². The molecule has 0 aliphatic rings. The average Bonchev–Trinajstić information content (AvgIpc) is 2.18. The minimum absolute atomic E-state index is 0.187. The molecule has 0 radical (unpaired) electrons. The van der Waals surface area contributed by atoms with Gasteiger partial charge in [0.1, 0.15) is 11.6 Å². The SMILES string of the molecule is COCCN=C(N)c1cccc(O)c1. The highest BCUT2D eigenvalue weighted by atomic mass is 16.5. The van der Waals surface area contributed by atoms with Crippen LogP contribution in [0.4, 0.5) is 0 Å². The van der Waals surface area contributed by atoms with Crippen molar-refractivity contribution in [2.45, 2.75) is 0 Å². The van der Waals surface area contributed by atoms with Crippen molar-refractivity contribution < 1.29 is 9.84 Å². The van der Waals surface area contributed by atoms with Crippen LogP contribution in [0.15, 0.2) is 29.3 Å². The number of hydrogen-bond acceptors (Lipinski definition) is 3. The second-order valence-electron chi connectivity index (χ2n) is 2.81. The molecule has 0 heterocycles. The van der Waals surface area contributed by atoms with Crippen molar-refractivity contribution in [3.63, 3.8) is 0 Å². The van der Waals surface area contributed by atoms with Crippen LogP contribution in [-0.2, 0) is 4.74 Å². The number of phenolic OH excluding ortho intramolecular Hbond substituents is 1. The van der Waals surface area contributed by atoms with E-state index in [1.165, 1.54) is 0 Å². The number of benzene rings is 1. The lowest BCUT2D eigenvalue weighted by Gasteiger charge is -2.01. The van der Waals surface area contributed by atoms with Crippen LogP contribution in [0, 0.1) is 0 Å². The fourth-order valence-corrected chi connectivity index (χ4v) is 1.01. The number of hydrogen-bond donors (Lipinski definition) is 2. The number of aromatic hydroxyl groups is 1. The molecule has 4 heteroatoms. The molecule has 0 amide bonds. The Morgan fingerprint density at radius 2 is 2.36 bits per heavy atom. The van der Waals surface area contributed by atoms with E-state index in [1.54, 1.807) is 31.4 Å². The van der Waals surface area contributed by atoms with Gasteiger partial charge in [0.25, 0.3) is 0 Å². The van der Waals surface area contributed by atoms with Crippen LogP contribution < -0.4 is 5.73 Å². The van der Waals surface area contributed by atoms with Gasteiger partial charge in [0.2, 0.25) is 0 Å². The predicted octanol–water partition coefficient (Wildman–Crippen LogP) is 0.744. The first kappa shape index (κ1) is 10.5. The maximum absolute atomic E-state index is 9.20. The van der Waals surface area contributed by atoms with E-state index in [4.69, 9.17) is 10.5 Å². The summed E-state index contributed by atoms with van der Waals surface area (Å²) in [7, 11) is 1.61. The molecule has 0 saturated heterocycles. The van der Waals surface area contributed by atoms with E-state index in [9.17, 15) is 5.11 Å². The van der Waals surface area contributed by atoms with Gasteiger partial charge >= 0.3 is 0 Å². The van der Waals surface area contributed by atoms with E-state index in [-0.39, 0.29) is 5.75 Å². The third-order valence-corrected chi connectivity index (χ3v) is 1.72. The first-order valence-electron chi connectivity index (χ1n) is 4.32. The summed E-state index contributed by atoms with van der Waals surface area (Å²) in [4.78, 5) is 4.08. The molecule has 14 heavy (non-hydrogen) atoms. The van der Waals surface area contributed by atoms with Gasteiger partial charge in [0.15, 0.2) is 0 Å². The Morgan fingerprint density at radius 3 is 3.00 bits per heavy atom. The molecule has 1 rings (SSSR count). The largest absolute Gasteiger partial charge is 0.508 e. The topological polar surface area (TPSA) is 67.8 Å². The van der Waals surface area contributed by atoms with E-state index in [0.717, 1.165) is 5.56 Å². The minimum atomic E-state index is 0.187. The summed E-state index contributed by atoms with van der Waals surface area (Å²) in [6, 6.07) is 6.69. The molecule has 0 aromatic heterocycles. The van der Waals surface area contributed by atoms with Crippen molar-refractivity contribution in [2.24, 2.45) is 10.7 Å². The zero-order valence-corrected chi connectivity index (χ0v) is 8.10. The van der Waals surface area contributed by atoms with Crippen molar-refractivity contribution in [1.82, 2.24) is 0 Å². The molecule has 0 aliphatic heterocycles. The Bertz CT molecular complexity index is 324. The average molecular weight is 194 g/mol. The van der Waals surface area contributed by atoms with Gasteiger partial charge in [-0.1, -0.05) is 12.1 Å². The summed E-state index contributed by atoms with van der Waals surface area (Å²) < 4.78 is 4.84. The monoisotopic (exact) mass is 194 g/mol. The summed E-state index contributed by atoms with van der Waals surface area (Å²) in [5.41, 5.74) is 6.41. The van der Waals surface area contributed by atoms with E-state index in [0.29, 0.717) is 19.0 Å². The number of nitrogens with zero attached hydrogens (tertiary/aromatic N) is 1. The number of aliphatic imine (C=N–C) groups is 1. The van der Waals surface area contributed by atoms with Crippen LogP contribution in [0.3, 0.4) is 0 Å². The second-order valence-corrected chi connectivity index (χ2v) is 2.81. The summed E-state index contributed by atoms with van der Waals surface area (Å²) in [6.45, 7) is 1.07. The predicted molar refractivity (Wildman–Crippen MR) is 55.6 cm³/mol. The summed E-state index contributed by atoms with van der Waals surface area (Å²) >= 11 is 0. The fourth-order valence-electron chi connectivity index (χ4n) is 1.01. The number of amidine groups is 1. The van der Waals surface area contributed by atoms with Crippen LogP contribution in [0.2, 0.25) is 0 Å². The lowest BCUT2D eigenvalue weighted by atomic mass is 10.2. The number of methoxy groups -OCH3 is 1. The number of nitrogens with two attached hydrogens (primary N) is 1. The molecule has 0 fully saturated rings. The number of phenols is 1. The molecule has 0 atom stereocenters. The maximum Gasteiger partial charge on any atom is 0.125 e. The van der Waals surface area contributed by atoms with Crippen LogP contribution >= 0.6 is 0 Å². The first-order chi connectivity index (χ1) is 6.74. The van der Waals surface area contributed by atoms with Gasteiger partial charge in [-0.3, -0.25) is 4.99 Å². The molecule has 0 unspecified atom stereocenters. The van der Waals surface area contributed by atoms with Crippen molar-refractivity contribution in [3.8, 4) is 5.75 Å². The van der Waals surface area contributed by atoms with Gasteiger partial charge in [-0.05, 0) is 12.1 Å². The van der Waals surface area contributed by atoms with Gasteiger partial charge in [0, 0.05) is 12.7 Å². The molecular weight excluding hydrogens is 180 g/mol. The summed E-state index contributed by atoms with van der Waals surface area (Å²) in [5, 5.41) is 9.20. The smallest absolute Gasteiger partial charge is 0.125 e. The normalized spacial score (nSPS) is 11.6. The van der Waals surface area contributed by atoms with Crippen LogP contribution in [-0.4, -0.2) is 31.2 Å². The van der Waals surface area contributed by atoms with E-state index in [2.05, 4.69) is 4.99 Å². The van der Waals surface area contributed by atoms with Gasteiger partial charge in [-0.2, -0.15) is 0 Å². The molecule has 1 aromatic rings. The summed E-state index contributed by atoms with van der Waals surface area (Å²) in [6.07, 6.45) is 0. The molecule has 1 aromatic carbocycles. The van der Waals surface area contributed by atoms with Gasteiger partial charge in [-0.15, -0.1) is 0 Å². The molecule has 0 spiro atoms. The fraction of sp³-hybridized carbons (Fsp3) is 0.300. The van der Waals surface area contributed by atoms with Crippen molar-refractivity contribution >= 4 is 5.84 Å². The Labute approximate surface area is 83.0 Å². The number of ether oxygens (including phenoxy) is 1. The van der Waals surface area contributed by atoms with Crippen LogP contribution in [0.25, 0.3) is 0 Å². The number of rotatable bonds is 4. The lowest BCUT2D eigenvalue weighted by molar-refractivity contribution is 0.208. The lowest BCUT2D eigenvalue weighted by Crippen LogP contribution is -2.14. The second kappa shape index (κ2) is 5.24. The van der Waals surface area contributed by atoms with E-state index in [1.807, 2.05) is 0 Å². The highest BCUT2D eigenvalue weighted by Gasteiger charge is 1.98. The Balaban J connectivity index is 2.68. The third kappa shape index (κ3) is 3.06. The molecule has 4 nitrogen and oxygen atoms in total.